The Hall–Kier alpha value is -1.96. The van der Waals surface area contributed by atoms with Crippen LogP contribution in [0.1, 0.15) is 26.3 Å². The second-order valence-electron chi connectivity index (χ2n) is 3.24. The number of hydrogen-bond acceptors (Lipinski definition) is 2. The van der Waals surface area contributed by atoms with Gasteiger partial charge in [0, 0.05) is 11.6 Å². The standard InChI is InChI=1S/C13H12N2.C2H6/c1-3-10(4-2)11-5-6-13-12(7-11)8-14-9-15-13;1-2/h3-9H,1H2,2H3;1-2H3/b10-4+;. The average molecular weight is 226 g/mol. The van der Waals surface area contributed by atoms with Crippen LogP contribution in [-0.4, -0.2) is 9.97 Å². The molecule has 88 valence electrons. The van der Waals surface area contributed by atoms with Gasteiger partial charge in [0.25, 0.3) is 0 Å². The van der Waals surface area contributed by atoms with E-state index in [1.807, 2.05) is 51.3 Å². The van der Waals surface area contributed by atoms with Gasteiger partial charge in [0.05, 0.1) is 5.52 Å². The van der Waals surface area contributed by atoms with E-state index in [1.165, 1.54) is 0 Å². The summed E-state index contributed by atoms with van der Waals surface area (Å²) in [6, 6.07) is 6.12. The van der Waals surface area contributed by atoms with Gasteiger partial charge in [-0.05, 0) is 30.2 Å². The Bertz CT molecular complexity index is 527. The average Bonchev–Trinajstić information content (AvgIpc) is 2.42. The van der Waals surface area contributed by atoms with E-state index >= 15 is 0 Å². The first-order valence-corrected chi connectivity index (χ1v) is 5.84. The summed E-state index contributed by atoms with van der Waals surface area (Å²) in [4.78, 5) is 8.19. The first-order chi connectivity index (χ1) is 8.35. The molecular formula is C15H18N2. The molecule has 0 aliphatic carbocycles. The van der Waals surface area contributed by atoms with Gasteiger partial charge in [0.15, 0.2) is 0 Å². The molecule has 0 aliphatic rings. The van der Waals surface area contributed by atoms with Crippen molar-refractivity contribution in [2.45, 2.75) is 20.8 Å². The van der Waals surface area contributed by atoms with E-state index < -0.39 is 0 Å². The summed E-state index contributed by atoms with van der Waals surface area (Å²) in [6.45, 7) is 9.79. The van der Waals surface area contributed by atoms with Gasteiger partial charge in [-0.2, -0.15) is 0 Å². The topological polar surface area (TPSA) is 25.8 Å². The second kappa shape index (κ2) is 6.59. The van der Waals surface area contributed by atoms with Crippen LogP contribution < -0.4 is 0 Å². The van der Waals surface area contributed by atoms with Crippen LogP contribution in [0.25, 0.3) is 16.5 Å². The first kappa shape index (κ1) is 13.1. The molecule has 0 spiro atoms. The Morgan fingerprint density at radius 2 is 2.06 bits per heavy atom. The molecule has 2 rings (SSSR count). The summed E-state index contributed by atoms with van der Waals surface area (Å²) in [6.07, 6.45) is 7.28. The molecule has 0 fully saturated rings. The minimum atomic E-state index is 0.966. The van der Waals surface area contributed by atoms with Gasteiger partial charge in [-0.1, -0.05) is 38.6 Å². The normalized spacial score (nSPS) is 10.6. The van der Waals surface area contributed by atoms with Crippen molar-refractivity contribution >= 4 is 16.5 Å². The van der Waals surface area contributed by atoms with Crippen LogP contribution in [-0.2, 0) is 0 Å². The maximum absolute atomic E-state index is 4.18. The third-order valence-electron chi connectivity index (χ3n) is 2.37. The maximum Gasteiger partial charge on any atom is 0.116 e. The molecule has 2 nitrogen and oxygen atoms in total. The van der Waals surface area contributed by atoms with E-state index in [1.54, 1.807) is 6.33 Å². The Morgan fingerprint density at radius 3 is 2.71 bits per heavy atom. The maximum atomic E-state index is 4.18. The van der Waals surface area contributed by atoms with Crippen molar-refractivity contribution < 1.29 is 0 Å². The summed E-state index contributed by atoms with van der Waals surface area (Å²) in [5.74, 6) is 0. The van der Waals surface area contributed by atoms with Gasteiger partial charge in [0.1, 0.15) is 6.33 Å². The Labute approximate surface area is 103 Å². The van der Waals surface area contributed by atoms with Crippen molar-refractivity contribution in [2.75, 3.05) is 0 Å². The van der Waals surface area contributed by atoms with Crippen LogP contribution in [0, 0.1) is 0 Å². The lowest BCUT2D eigenvalue weighted by atomic mass is 10.0. The highest BCUT2D eigenvalue weighted by atomic mass is 14.8. The molecule has 0 radical (unpaired) electrons. The number of nitrogens with zero attached hydrogens (tertiary/aromatic N) is 2. The summed E-state index contributed by atoms with van der Waals surface area (Å²) in [7, 11) is 0. The van der Waals surface area contributed by atoms with E-state index in [0.717, 1.165) is 22.0 Å². The lowest BCUT2D eigenvalue weighted by Gasteiger charge is -2.03. The number of aromatic nitrogens is 2. The van der Waals surface area contributed by atoms with E-state index in [4.69, 9.17) is 0 Å². The molecule has 0 bridgehead atoms. The molecule has 0 N–H and O–H groups in total. The third-order valence-corrected chi connectivity index (χ3v) is 2.37. The lowest BCUT2D eigenvalue weighted by molar-refractivity contribution is 1.22. The molecule has 17 heavy (non-hydrogen) atoms. The quantitative estimate of drug-likeness (QED) is 0.715. The number of benzene rings is 1. The van der Waals surface area contributed by atoms with Gasteiger partial charge in [-0.25, -0.2) is 9.97 Å². The Kier molecular flexibility index (Phi) is 5.08. The Morgan fingerprint density at radius 1 is 1.29 bits per heavy atom. The zero-order valence-electron chi connectivity index (χ0n) is 10.6. The fourth-order valence-corrected chi connectivity index (χ4v) is 1.57. The van der Waals surface area contributed by atoms with Crippen molar-refractivity contribution in [1.82, 2.24) is 9.97 Å². The molecule has 2 heteroatoms. The predicted molar refractivity (Wildman–Crippen MR) is 74.7 cm³/mol. The van der Waals surface area contributed by atoms with Crippen LogP contribution >= 0.6 is 0 Å². The van der Waals surface area contributed by atoms with Crippen LogP contribution in [0.3, 0.4) is 0 Å². The van der Waals surface area contributed by atoms with E-state index in [0.29, 0.717) is 0 Å². The Balaban J connectivity index is 0.000000686. The number of allylic oxidation sites excluding steroid dienone is 3. The first-order valence-electron chi connectivity index (χ1n) is 5.84. The van der Waals surface area contributed by atoms with Crippen molar-refractivity contribution in [2.24, 2.45) is 0 Å². The van der Waals surface area contributed by atoms with Gasteiger partial charge in [0.2, 0.25) is 0 Å². The number of hydrogen-bond donors (Lipinski definition) is 0. The third kappa shape index (κ3) is 3.00. The van der Waals surface area contributed by atoms with Crippen molar-refractivity contribution in [1.29, 1.82) is 0 Å². The van der Waals surface area contributed by atoms with Gasteiger partial charge >= 0.3 is 0 Å². The molecule has 0 aliphatic heterocycles. The fraction of sp³-hybridized carbons (Fsp3) is 0.200. The predicted octanol–water partition coefficient (Wildman–Crippen LogP) is 4.25. The van der Waals surface area contributed by atoms with Gasteiger partial charge in [-0.3, -0.25) is 0 Å². The minimum absolute atomic E-state index is 0.966. The zero-order valence-corrected chi connectivity index (χ0v) is 10.6. The van der Waals surface area contributed by atoms with Gasteiger partial charge < -0.3 is 0 Å². The summed E-state index contributed by atoms with van der Waals surface area (Å²) in [5.41, 5.74) is 3.24. The van der Waals surface area contributed by atoms with Crippen molar-refractivity contribution in [3.8, 4) is 0 Å². The molecule has 0 unspecified atom stereocenters. The van der Waals surface area contributed by atoms with Crippen LogP contribution in [0.15, 0.2) is 49.5 Å². The number of fused-ring (bicyclic) bond motifs is 1. The highest BCUT2D eigenvalue weighted by molar-refractivity contribution is 5.84. The second-order valence-corrected chi connectivity index (χ2v) is 3.24. The highest BCUT2D eigenvalue weighted by Gasteiger charge is 1.99. The van der Waals surface area contributed by atoms with E-state index in [2.05, 4.69) is 22.6 Å². The molecule has 1 aromatic carbocycles. The molecule has 0 saturated carbocycles. The number of rotatable bonds is 2. The molecule has 1 aromatic heterocycles. The lowest BCUT2D eigenvalue weighted by Crippen LogP contribution is -1.84. The van der Waals surface area contributed by atoms with Crippen molar-refractivity contribution in [3.05, 3.63) is 55.0 Å². The molecule has 1 heterocycles. The van der Waals surface area contributed by atoms with Crippen molar-refractivity contribution in [3.63, 3.8) is 0 Å². The van der Waals surface area contributed by atoms with Crippen LogP contribution in [0.5, 0.6) is 0 Å². The minimum Gasteiger partial charge on any atom is -0.244 e. The molecule has 0 atom stereocenters. The van der Waals surface area contributed by atoms with Crippen LogP contribution in [0.2, 0.25) is 0 Å². The fourth-order valence-electron chi connectivity index (χ4n) is 1.57. The molecule has 0 amide bonds. The van der Waals surface area contributed by atoms with Gasteiger partial charge in [-0.15, -0.1) is 0 Å². The summed E-state index contributed by atoms with van der Waals surface area (Å²) in [5, 5.41) is 1.05. The van der Waals surface area contributed by atoms with Crippen LogP contribution in [0.4, 0.5) is 0 Å². The zero-order chi connectivity index (χ0) is 12.7. The molecule has 0 saturated heterocycles. The summed E-state index contributed by atoms with van der Waals surface area (Å²) < 4.78 is 0. The monoisotopic (exact) mass is 226 g/mol. The smallest absolute Gasteiger partial charge is 0.116 e. The van der Waals surface area contributed by atoms with E-state index in [9.17, 15) is 0 Å². The highest BCUT2D eigenvalue weighted by Crippen LogP contribution is 2.19. The largest absolute Gasteiger partial charge is 0.244 e. The summed E-state index contributed by atoms with van der Waals surface area (Å²) >= 11 is 0. The SMILES string of the molecule is C=C/C(=C\C)c1ccc2ncncc2c1.CC. The molecular weight excluding hydrogens is 208 g/mol. The van der Waals surface area contributed by atoms with E-state index in [-0.39, 0.29) is 0 Å². The molecule has 2 aromatic rings.